The first-order valence-corrected chi connectivity index (χ1v) is 11.6. The average Bonchev–Trinajstić information content (AvgIpc) is 3.12. The summed E-state index contributed by atoms with van der Waals surface area (Å²) in [4.78, 5) is 33.3. The molecule has 0 unspecified atom stereocenters. The number of nitrogens with zero attached hydrogens (tertiary/aromatic N) is 3. The predicted octanol–water partition coefficient (Wildman–Crippen LogP) is 4.28. The van der Waals surface area contributed by atoms with Crippen molar-refractivity contribution in [1.82, 2.24) is 19.1 Å². The number of H-pyrrole nitrogens is 1. The Morgan fingerprint density at radius 1 is 1.00 bits per heavy atom. The third-order valence-corrected chi connectivity index (χ3v) is 7.18. The van der Waals surface area contributed by atoms with Gasteiger partial charge in [0.1, 0.15) is 11.6 Å². The molecule has 0 aliphatic heterocycles. The number of rotatable bonds is 7. The van der Waals surface area contributed by atoms with Crippen molar-refractivity contribution in [3.63, 3.8) is 0 Å². The molecule has 1 N–H and O–H groups in total. The van der Waals surface area contributed by atoms with Crippen molar-refractivity contribution in [2.45, 2.75) is 28.4 Å². The van der Waals surface area contributed by atoms with Crippen molar-refractivity contribution >= 4 is 34.7 Å². The topological polar surface area (TPSA) is 72.7 Å². The fourth-order valence-electron chi connectivity index (χ4n) is 3.20. The van der Waals surface area contributed by atoms with Gasteiger partial charge in [-0.1, -0.05) is 18.7 Å². The van der Waals surface area contributed by atoms with Gasteiger partial charge in [0.05, 0.1) is 0 Å². The third-order valence-electron chi connectivity index (χ3n) is 4.84. The van der Waals surface area contributed by atoms with Gasteiger partial charge in [-0.05, 0) is 54.4 Å². The van der Waals surface area contributed by atoms with Crippen LogP contribution in [0, 0.1) is 17.6 Å². The highest BCUT2D eigenvalue weighted by atomic mass is 32.2. The number of fused-ring (bicyclic) bond motifs is 1. The average molecular weight is 475 g/mol. The number of hydrogen-bond acceptors (Lipinski definition) is 5. The van der Waals surface area contributed by atoms with Crippen LogP contribution in [0.25, 0.3) is 11.2 Å². The molecule has 0 spiro atoms. The lowest BCUT2D eigenvalue weighted by Gasteiger charge is -2.15. The van der Waals surface area contributed by atoms with Gasteiger partial charge in [-0.3, -0.25) is 14.3 Å². The zero-order chi connectivity index (χ0) is 22.8. The Kier molecular flexibility index (Phi) is 6.52. The molecule has 0 saturated heterocycles. The largest absolute Gasteiger partial charge is 0.329 e. The molecule has 0 saturated carbocycles. The summed E-state index contributed by atoms with van der Waals surface area (Å²) in [5, 5.41) is 0.539. The Labute approximate surface area is 190 Å². The normalized spacial score (nSPS) is 12.4. The Morgan fingerprint density at radius 2 is 1.59 bits per heavy atom. The monoisotopic (exact) mass is 474 g/mol. The second-order valence-electron chi connectivity index (χ2n) is 7.42. The van der Waals surface area contributed by atoms with Crippen LogP contribution in [-0.2, 0) is 13.6 Å². The number of nitrogens with one attached hydrogen (secondary N) is 1. The molecule has 32 heavy (non-hydrogen) atoms. The molecular formula is C22H20F2N4O2S2. The number of imidazole rings is 1. The quantitative estimate of drug-likeness (QED) is 0.405. The molecule has 0 bridgehead atoms. The van der Waals surface area contributed by atoms with E-state index in [-0.39, 0.29) is 17.6 Å². The van der Waals surface area contributed by atoms with Crippen molar-refractivity contribution in [2.75, 3.05) is 5.75 Å². The van der Waals surface area contributed by atoms with Crippen LogP contribution in [-0.4, -0.2) is 24.9 Å². The first-order chi connectivity index (χ1) is 15.3. The van der Waals surface area contributed by atoms with E-state index in [1.54, 1.807) is 47.6 Å². The van der Waals surface area contributed by atoms with E-state index >= 15 is 0 Å². The predicted molar refractivity (Wildman–Crippen MR) is 122 cm³/mol. The van der Waals surface area contributed by atoms with Gasteiger partial charge in [0, 0.05) is 29.1 Å². The first kappa shape index (κ1) is 22.3. The summed E-state index contributed by atoms with van der Waals surface area (Å²) in [6.45, 7) is 2.53. The van der Waals surface area contributed by atoms with Gasteiger partial charge in [-0.15, -0.1) is 11.8 Å². The Hall–Kier alpha value is -2.85. The molecule has 4 rings (SSSR count). The van der Waals surface area contributed by atoms with E-state index in [2.05, 4.69) is 9.97 Å². The second-order valence-corrected chi connectivity index (χ2v) is 9.56. The van der Waals surface area contributed by atoms with E-state index in [1.807, 2.05) is 6.92 Å². The Balaban J connectivity index is 1.66. The van der Waals surface area contributed by atoms with Crippen LogP contribution in [0.5, 0.6) is 0 Å². The van der Waals surface area contributed by atoms with E-state index in [4.69, 9.17) is 0 Å². The van der Waals surface area contributed by atoms with E-state index in [9.17, 15) is 18.4 Å². The van der Waals surface area contributed by atoms with Crippen molar-refractivity contribution in [2.24, 2.45) is 13.0 Å². The molecule has 0 amide bonds. The van der Waals surface area contributed by atoms with Gasteiger partial charge >= 0.3 is 5.69 Å². The van der Waals surface area contributed by atoms with E-state index in [0.29, 0.717) is 22.9 Å². The zero-order valence-corrected chi connectivity index (χ0v) is 19.0. The minimum absolute atomic E-state index is 0.131. The lowest BCUT2D eigenvalue weighted by molar-refractivity contribution is 0.511. The fraction of sp³-hybridized carbons (Fsp3) is 0.227. The number of aromatic amines is 1. The van der Waals surface area contributed by atoms with Gasteiger partial charge in [0.15, 0.2) is 16.3 Å². The maximum atomic E-state index is 13.3. The smallest absolute Gasteiger partial charge is 0.313 e. The van der Waals surface area contributed by atoms with Crippen LogP contribution in [0.1, 0.15) is 6.92 Å². The summed E-state index contributed by atoms with van der Waals surface area (Å²) in [6, 6.07) is 12.3. The second kappa shape index (κ2) is 9.33. The highest BCUT2D eigenvalue weighted by Gasteiger charge is 2.20. The van der Waals surface area contributed by atoms with E-state index < -0.39 is 11.2 Å². The van der Waals surface area contributed by atoms with Gasteiger partial charge in [0.25, 0.3) is 5.56 Å². The number of halogens is 2. The molecule has 1 atom stereocenters. The van der Waals surface area contributed by atoms with Crippen LogP contribution in [0.3, 0.4) is 0 Å². The lowest BCUT2D eigenvalue weighted by atomic mass is 10.2. The molecular weight excluding hydrogens is 454 g/mol. The summed E-state index contributed by atoms with van der Waals surface area (Å²) < 4.78 is 29.5. The number of hydrogen-bond donors (Lipinski definition) is 1. The summed E-state index contributed by atoms with van der Waals surface area (Å²) in [6.07, 6.45) is 0. The third kappa shape index (κ3) is 4.81. The summed E-state index contributed by atoms with van der Waals surface area (Å²) >= 11 is 2.89. The van der Waals surface area contributed by atoms with Crippen molar-refractivity contribution in [3.05, 3.63) is 81.0 Å². The molecule has 0 radical (unpaired) electrons. The van der Waals surface area contributed by atoms with Gasteiger partial charge < -0.3 is 4.57 Å². The number of benzene rings is 2. The maximum Gasteiger partial charge on any atom is 0.329 e. The molecule has 2 heterocycles. The van der Waals surface area contributed by atoms with Crippen molar-refractivity contribution < 1.29 is 8.78 Å². The highest BCUT2D eigenvalue weighted by molar-refractivity contribution is 7.99. The zero-order valence-electron chi connectivity index (χ0n) is 17.3. The Bertz CT molecular complexity index is 1360. The maximum absolute atomic E-state index is 13.3. The van der Waals surface area contributed by atoms with Crippen LogP contribution in [0.15, 0.2) is 73.1 Å². The van der Waals surface area contributed by atoms with Crippen LogP contribution < -0.4 is 11.2 Å². The Morgan fingerprint density at radius 3 is 2.22 bits per heavy atom. The molecule has 0 fully saturated rings. The molecule has 2 aromatic heterocycles. The molecule has 0 aliphatic rings. The molecule has 10 heteroatoms. The molecule has 4 aromatic rings. The summed E-state index contributed by atoms with van der Waals surface area (Å²) in [7, 11) is 1.55. The van der Waals surface area contributed by atoms with Gasteiger partial charge in [-0.2, -0.15) is 0 Å². The minimum atomic E-state index is -0.537. The molecule has 6 nitrogen and oxygen atoms in total. The summed E-state index contributed by atoms with van der Waals surface area (Å²) in [5.74, 6) is 0.245. The van der Waals surface area contributed by atoms with Crippen LogP contribution >= 0.6 is 23.5 Å². The van der Waals surface area contributed by atoms with E-state index in [1.165, 1.54) is 40.6 Å². The molecule has 0 aliphatic carbocycles. The van der Waals surface area contributed by atoms with E-state index in [0.717, 1.165) is 15.5 Å². The van der Waals surface area contributed by atoms with Crippen LogP contribution in [0.2, 0.25) is 0 Å². The SMILES string of the molecule is C[C@H](CSc1ccc(F)cc1)Cn1c(Sc2ccc(F)cc2)nc2c1c(=O)[nH]c(=O)n2C. The highest BCUT2D eigenvalue weighted by Crippen LogP contribution is 2.30. The molecule has 2 aromatic carbocycles. The number of aromatic nitrogens is 4. The summed E-state index contributed by atoms with van der Waals surface area (Å²) in [5.41, 5.74) is -0.428. The standard InChI is InChI=1S/C22H20F2N4O2S2/c1-13(12-31-16-7-3-14(23)4-8-16)11-28-18-19(27(2)21(30)26-20(18)29)25-22(28)32-17-9-5-15(24)6-10-17/h3-10,13H,11-12H2,1-2H3,(H,26,29,30)/t13-/m0/s1. The van der Waals surface area contributed by atoms with Crippen molar-refractivity contribution in [3.8, 4) is 0 Å². The van der Waals surface area contributed by atoms with Gasteiger partial charge in [0.2, 0.25) is 0 Å². The first-order valence-electron chi connectivity index (χ1n) is 9.83. The minimum Gasteiger partial charge on any atom is -0.313 e. The fourth-order valence-corrected chi connectivity index (χ4v) is 5.01. The number of aryl methyl sites for hydroxylation is 1. The lowest BCUT2D eigenvalue weighted by Crippen LogP contribution is -2.29. The van der Waals surface area contributed by atoms with Crippen molar-refractivity contribution in [1.29, 1.82) is 0 Å². The van der Waals surface area contributed by atoms with Crippen LogP contribution in [0.4, 0.5) is 8.78 Å². The number of thioether (sulfide) groups is 1. The van der Waals surface area contributed by atoms with Gasteiger partial charge in [-0.25, -0.2) is 18.6 Å². The molecule has 166 valence electrons.